The van der Waals surface area contributed by atoms with Gasteiger partial charge >= 0.3 is 5.97 Å². The Bertz CT molecular complexity index is 2140. The van der Waals surface area contributed by atoms with Gasteiger partial charge < -0.3 is 9.47 Å². The van der Waals surface area contributed by atoms with Crippen molar-refractivity contribution in [2.45, 2.75) is 19.6 Å². The molecule has 0 N–H and O–H groups in total. The number of carbonyl (C=O) groups is 3. The molecule has 11 nitrogen and oxygen atoms in total. The number of amides is 2. The monoisotopic (exact) mass is 608 g/mol. The molecule has 0 saturated carbocycles. The molecule has 4 heterocycles. The minimum atomic E-state index is -0.965. The van der Waals surface area contributed by atoms with Gasteiger partial charge in [-0.15, -0.1) is 0 Å². The summed E-state index contributed by atoms with van der Waals surface area (Å²) in [6.45, 7) is 1.59. The van der Waals surface area contributed by atoms with Gasteiger partial charge in [0.25, 0.3) is 11.8 Å². The van der Waals surface area contributed by atoms with E-state index in [0.29, 0.717) is 28.2 Å². The Kier molecular flexibility index (Phi) is 6.57. The van der Waals surface area contributed by atoms with Crippen molar-refractivity contribution in [1.82, 2.24) is 24.5 Å². The number of benzene rings is 3. The maximum absolute atomic E-state index is 14.9. The quantitative estimate of drug-likeness (QED) is 0.180. The van der Waals surface area contributed by atoms with Crippen molar-refractivity contribution in [3.63, 3.8) is 0 Å². The third-order valence-electron chi connectivity index (χ3n) is 7.58. The van der Waals surface area contributed by atoms with E-state index in [-0.39, 0.29) is 40.1 Å². The van der Waals surface area contributed by atoms with Gasteiger partial charge in [-0.05, 0) is 49.4 Å². The van der Waals surface area contributed by atoms with Crippen LogP contribution in [0, 0.1) is 11.6 Å². The molecule has 1 aliphatic rings. The number of nitrogens with zero attached hydrogens (tertiary/aromatic N) is 6. The summed E-state index contributed by atoms with van der Waals surface area (Å²) in [6.07, 6.45) is 4.14. The molecule has 0 radical (unpaired) electrons. The summed E-state index contributed by atoms with van der Waals surface area (Å²) in [5, 5.41) is 9.47. The predicted octanol–water partition coefficient (Wildman–Crippen LogP) is 5.16. The first-order valence-electron chi connectivity index (χ1n) is 13.7. The molecule has 7 rings (SSSR count). The molecule has 45 heavy (non-hydrogen) atoms. The fraction of sp³-hybridized carbons (Fsp3) is 0.125. The van der Waals surface area contributed by atoms with Gasteiger partial charge in [0.05, 0.1) is 35.6 Å². The fourth-order valence-corrected chi connectivity index (χ4v) is 5.44. The van der Waals surface area contributed by atoms with E-state index >= 15 is 0 Å². The van der Waals surface area contributed by atoms with Crippen LogP contribution in [0.25, 0.3) is 27.5 Å². The Morgan fingerprint density at radius 3 is 2.40 bits per heavy atom. The zero-order valence-corrected chi connectivity index (χ0v) is 23.8. The second kappa shape index (κ2) is 10.6. The molecule has 3 aromatic heterocycles. The van der Waals surface area contributed by atoms with E-state index in [0.717, 1.165) is 11.0 Å². The highest BCUT2D eigenvalue weighted by Gasteiger charge is 2.39. The first-order chi connectivity index (χ1) is 21.7. The van der Waals surface area contributed by atoms with E-state index in [1.807, 2.05) is 6.07 Å². The van der Waals surface area contributed by atoms with E-state index < -0.39 is 35.5 Å². The van der Waals surface area contributed by atoms with Crippen molar-refractivity contribution >= 4 is 45.4 Å². The standard InChI is InChI=1S/C32H22F2N6O5/c1-17(23-14-25-19(11-26(23)38-9-5-8-35-38)15-36-39(25)16-28(41)44-2)45-27-12-18-10-20(33)13-24(34)29(18)37-30(27)40-31(42)21-6-3-4-7-22(21)32(40)43/h3-15,17H,16H2,1-2H3/t17-/m0/s1. The topological polar surface area (TPSA) is 121 Å². The molecule has 13 heteroatoms. The lowest BCUT2D eigenvalue weighted by atomic mass is 10.1. The summed E-state index contributed by atoms with van der Waals surface area (Å²) in [5.41, 5.74) is 1.88. The van der Waals surface area contributed by atoms with Gasteiger partial charge in [0.1, 0.15) is 24.0 Å². The van der Waals surface area contributed by atoms with Gasteiger partial charge in [-0.25, -0.2) is 23.3 Å². The summed E-state index contributed by atoms with van der Waals surface area (Å²) in [5.74, 6) is -3.92. The zero-order chi connectivity index (χ0) is 31.4. The molecule has 3 aromatic carbocycles. The van der Waals surface area contributed by atoms with Gasteiger partial charge in [0.2, 0.25) is 0 Å². The molecule has 0 aliphatic carbocycles. The Morgan fingerprint density at radius 1 is 0.956 bits per heavy atom. The first-order valence-corrected chi connectivity index (χ1v) is 13.7. The lowest BCUT2D eigenvalue weighted by Crippen LogP contribution is -2.31. The minimum Gasteiger partial charge on any atom is -0.482 e. The average Bonchev–Trinajstić information content (AvgIpc) is 3.76. The zero-order valence-electron chi connectivity index (χ0n) is 23.8. The molecular formula is C32H22F2N6O5. The van der Waals surface area contributed by atoms with Crippen molar-refractivity contribution < 1.29 is 32.6 Å². The lowest BCUT2D eigenvalue weighted by molar-refractivity contribution is -0.141. The second-order valence-electron chi connectivity index (χ2n) is 10.3. The molecule has 0 bridgehead atoms. The fourth-order valence-electron chi connectivity index (χ4n) is 5.44. The van der Waals surface area contributed by atoms with E-state index in [1.54, 1.807) is 54.5 Å². The molecule has 0 unspecified atom stereocenters. The van der Waals surface area contributed by atoms with Crippen LogP contribution in [-0.4, -0.2) is 49.4 Å². The van der Waals surface area contributed by atoms with Gasteiger partial charge in [0.15, 0.2) is 17.4 Å². The highest BCUT2D eigenvalue weighted by atomic mass is 19.1. The summed E-state index contributed by atoms with van der Waals surface area (Å²) in [7, 11) is 1.28. The van der Waals surface area contributed by atoms with Crippen molar-refractivity contribution in [2.24, 2.45) is 0 Å². The van der Waals surface area contributed by atoms with Crippen LogP contribution in [-0.2, 0) is 16.1 Å². The number of pyridine rings is 1. The Morgan fingerprint density at radius 2 is 1.71 bits per heavy atom. The SMILES string of the molecule is COC(=O)Cn1ncc2cc(-n3cccn3)c([C@H](C)Oc3cc4cc(F)cc(F)c4nc3N3C(=O)c4ccccc4C3=O)cc21. The Hall–Kier alpha value is -5.98. The van der Waals surface area contributed by atoms with Crippen LogP contribution in [0.4, 0.5) is 14.6 Å². The number of rotatable bonds is 7. The van der Waals surface area contributed by atoms with Crippen molar-refractivity contribution in [3.8, 4) is 11.4 Å². The van der Waals surface area contributed by atoms with Gasteiger partial charge in [-0.1, -0.05) is 12.1 Å². The van der Waals surface area contributed by atoms with Gasteiger partial charge in [-0.3, -0.25) is 19.1 Å². The number of fused-ring (bicyclic) bond motifs is 3. The molecule has 0 spiro atoms. The molecule has 0 fully saturated rings. The highest BCUT2D eigenvalue weighted by molar-refractivity contribution is 6.34. The summed E-state index contributed by atoms with van der Waals surface area (Å²) < 4.78 is 43.5. The largest absolute Gasteiger partial charge is 0.482 e. The molecule has 0 saturated heterocycles. The smallest absolute Gasteiger partial charge is 0.327 e. The van der Waals surface area contributed by atoms with Gasteiger partial charge in [-0.2, -0.15) is 10.2 Å². The molecule has 1 aliphatic heterocycles. The predicted molar refractivity (Wildman–Crippen MR) is 157 cm³/mol. The van der Waals surface area contributed by atoms with Crippen LogP contribution in [0.2, 0.25) is 0 Å². The molecular weight excluding hydrogens is 586 g/mol. The summed E-state index contributed by atoms with van der Waals surface area (Å²) in [6, 6.07) is 14.7. The van der Waals surface area contributed by atoms with Crippen molar-refractivity contribution in [1.29, 1.82) is 0 Å². The van der Waals surface area contributed by atoms with Crippen LogP contribution < -0.4 is 9.64 Å². The number of anilines is 1. The number of hydrogen-bond donors (Lipinski definition) is 0. The molecule has 2 amide bonds. The number of methoxy groups -OCH3 is 1. The maximum Gasteiger partial charge on any atom is 0.327 e. The number of aromatic nitrogens is 5. The number of ether oxygens (including phenoxy) is 2. The number of carbonyl (C=O) groups excluding carboxylic acids is 3. The first kappa shape index (κ1) is 27.8. The molecule has 6 aromatic rings. The minimum absolute atomic E-state index is 0.0639. The van der Waals surface area contributed by atoms with Crippen molar-refractivity contribution in [3.05, 3.63) is 108 Å². The number of halogens is 2. The normalized spacial score (nSPS) is 13.5. The molecule has 224 valence electrons. The summed E-state index contributed by atoms with van der Waals surface area (Å²) in [4.78, 5) is 44.1. The Labute approximate surface area is 253 Å². The number of esters is 1. The van der Waals surface area contributed by atoms with Crippen molar-refractivity contribution in [2.75, 3.05) is 12.0 Å². The van der Waals surface area contributed by atoms with Crippen LogP contribution in [0.1, 0.15) is 39.3 Å². The van der Waals surface area contributed by atoms with E-state index in [4.69, 9.17) is 9.47 Å². The number of hydrogen-bond acceptors (Lipinski definition) is 8. The van der Waals surface area contributed by atoms with Crippen LogP contribution >= 0.6 is 0 Å². The number of imide groups is 1. The van der Waals surface area contributed by atoms with Crippen LogP contribution in [0.5, 0.6) is 5.75 Å². The van der Waals surface area contributed by atoms with E-state index in [2.05, 4.69) is 15.2 Å². The maximum atomic E-state index is 14.9. The second-order valence-corrected chi connectivity index (χ2v) is 10.3. The van der Waals surface area contributed by atoms with Crippen LogP contribution in [0.15, 0.2) is 79.3 Å². The lowest BCUT2D eigenvalue weighted by Gasteiger charge is -2.23. The third-order valence-corrected chi connectivity index (χ3v) is 7.58. The van der Waals surface area contributed by atoms with E-state index in [1.165, 1.54) is 30.0 Å². The van der Waals surface area contributed by atoms with Crippen LogP contribution in [0.3, 0.4) is 0 Å². The average molecular weight is 609 g/mol. The third kappa shape index (κ3) is 4.65. The van der Waals surface area contributed by atoms with Gasteiger partial charge in [0, 0.05) is 34.8 Å². The van der Waals surface area contributed by atoms with E-state index in [9.17, 15) is 23.2 Å². The molecule has 1 atom stereocenters. The highest BCUT2D eigenvalue weighted by Crippen LogP contribution is 2.39. The Balaban J connectivity index is 1.38. The summed E-state index contributed by atoms with van der Waals surface area (Å²) >= 11 is 0.